The van der Waals surface area contributed by atoms with Gasteiger partial charge in [0.05, 0.1) is 19.1 Å². The van der Waals surface area contributed by atoms with Crippen LogP contribution in [-0.4, -0.2) is 72.2 Å². The number of alkyl carbamates (subject to hydrolysis) is 1. The number of amides is 3. The van der Waals surface area contributed by atoms with Gasteiger partial charge in [-0.05, 0) is 93.7 Å². The first-order valence-corrected chi connectivity index (χ1v) is 19.1. The summed E-state index contributed by atoms with van der Waals surface area (Å²) in [5.41, 5.74) is 1.20. The third kappa shape index (κ3) is 8.87. The van der Waals surface area contributed by atoms with Crippen LogP contribution in [0.25, 0.3) is 10.9 Å². The highest BCUT2D eigenvalue weighted by atomic mass is 16.7. The zero-order valence-corrected chi connectivity index (χ0v) is 30.9. The fraction of sp³-hybridized carbons (Fsp3) is 0.561. The number of nitrogens with one attached hydrogen (secondary N) is 4. The summed E-state index contributed by atoms with van der Waals surface area (Å²) in [5, 5.41) is 9.94. The highest BCUT2D eigenvalue weighted by molar-refractivity contribution is 5.91. The number of aromatic nitrogens is 1. The molecule has 3 aromatic rings. The molecule has 4 aliphatic carbocycles. The average molecular weight is 729 g/mol. The molecule has 8 rings (SSSR count). The molecule has 2 heterocycles. The topological polar surface area (TPSA) is 157 Å². The Kier molecular flexibility index (Phi) is 10.8. The van der Waals surface area contributed by atoms with E-state index in [9.17, 15) is 19.2 Å². The second kappa shape index (κ2) is 15.5. The van der Waals surface area contributed by atoms with E-state index in [-0.39, 0.29) is 50.5 Å². The maximum atomic E-state index is 14.3. The lowest BCUT2D eigenvalue weighted by molar-refractivity contribution is -0.158. The molecule has 2 aromatic carbocycles. The van der Waals surface area contributed by atoms with Crippen LogP contribution in [0.1, 0.15) is 82.9 Å². The minimum Gasteiger partial charge on any atom is -0.463 e. The molecule has 12 heteroatoms. The van der Waals surface area contributed by atoms with E-state index in [2.05, 4.69) is 20.9 Å². The van der Waals surface area contributed by atoms with Gasteiger partial charge in [-0.15, -0.1) is 0 Å². The maximum absolute atomic E-state index is 14.3. The number of ether oxygens (including phenoxy) is 4. The second-order valence-electron chi connectivity index (χ2n) is 16.2. The van der Waals surface area contributed by atoms with Gasteiger partial charge in [-0.25, -0.2) is 4.79 Å². The lowest BCUT2D eigenvalue weighted by Gasteiger charge is -2.53. The van der Waals surface area contributed by atoms with E-state index in [1.807, 2.05) is 60.8 Å². The van der Waals surface area contributed by atoms with E-state index in [0.717, 1.165) is 59.5 Å². The van der Waals surface area contributed by atoms with Crippen LogP contribution in [0.2, 0.25) is 0 Å². The smallest absolute Gasteiger partial charge is 0.408 e. The van der Waals surface area contributed by atoms with Gasteiger partial charge in [0, 0.05) is 36.5 Å². The van der Waals surface area contributed by atoms with Crippen LogP contribution < -0.4 is 16.0 Å². The number of esters is 1. The molecule has 0 spiro atoms. The Hall–Kier alpha value is -4.42. The van der Waals surface area contributed by atoms with Gasteiger partial charge in [0.25, 0.3) is 0 Å². The Balaban J connectivity index is 1.00. The number of carbonyl (C=O) groups excluding carboxylic acids is 4. The first-order chi connectivity index (χ1) is 25.4. The number of hydrogen-bond acceptors (Lipinski definition) is 8. The van der Waals surface area contributed by atoms with Gasteiger partial charge in [0.15, 0.2) is 5.79 Å². The van der Waals surface area contributed by atoms with Gasteiger partial charge >= 0.3 is 12.1 Å². The zero-order chi connectivity index (χ0) is 37.2. The van der Waals surface area contributed by atoms with E-state index in [0.29, 0.717) is 18.4 Å². The molecule has 0 radical (unpaired) electrons. The van der Waals surface area contributed by atoms with Crippen molar-refractivity contribution in [1.29, 1.82) is 0 Å². The van der Waals surface area contributed by atoms with Crippen LogP contribution in [0.15, 0.2) is 60.8 Å². The van der Waals surface area contributed by atoms with Crippen LogP contribution in [0.3, 0.4) is 0 Å². The number of aromatic amines is 1. The number of carbonyl (C=O) groups is 4. The molecule has 284 valence electrons. The van der Waals surface area contributed by atoms with Crippen molar-refractivity contribution in [3.05, 3.63) is 71.9 Å². The summed E-state index contributed by atoms with van der Waals surface area (Å²) >= 11 is 0. The van der Waals surface area contributed by atoms with Gasteiger partial charge in [0.1, 0.15) is 24.4 Å². The van der Waals surface area contributed by atoms with Crippen LogP contribution in [-0.2, 0) is 39.8 Å². The van der Waals surface area contributed by atoms with E-state index < -0.39 is 35.3 Å². The predicted octanol–water partition coefficient (Wildman–Crippen LogP) is 5.47. The van der Waals surface area contributed by atoms with E-state index >= 15 is 0 Å². The third-order valence-electron chi connectivity index (χ3n) is 11.5. The summed E-state index contributed by atoms with van der Waals surface area (Å²) in [6, 6.07) is 16.5. The predicted molar refractivity (Wildman–Crippen MR) is 196 cm³/mol. The molecule has 12 nitrogen and oxygen atoms in total. The molecule has 3 atom stereocenters. The summed E-state index contributed by atoms with van der Waals surface area (Å²) in [6.45, 7) is 5.72. The molecular weight excluding hydrogens is 676 g/mol. The SMILES string of the molecule is CC1(C)OCC(COC(=O)CCC(=O)NC(CNC(=O)C(C)(Cc2c[nH]c3ccccc23)NC(=O)OC2C3CC4CC(C3)CC2C4)c2ccccc2)O1. The summed E-state index contributed by atoms with van der Waals surface area (Å²) in [7, 11) is 0. The Morgan fingerprint density at radius 1 is 0.943 bits per heavy atom. The van der Waals surface area contributed by atoms with Crippen molar-refractivity contribution in [1.82, 2.24) is 20.9 Å². The molecule has 1 aliphatic heterocycles. The molecule has 3 unspecified atom stereocenters. The van der Waals surface area contributed by atoms with Crippen LogP contribution in [0.5, 0.6) is 0 Å². The van der Waals surface area contributed by atoms with Crippen molar-refractivity contribution in [2.24, 2.45) is 23.7 Å². The van der Waals surface area contributed by atoms with Gasteiger partial charge < -0.3 is 39.9 Å². The molecule has 3 amide bonds. The number of para-hydroxylation sites is 1. The number of H-pyrrole nitrogens is 1. The minimum absolute atomic E-state index is 0.0452. The quantitative estimate of drug-likeness (QED) is 0.159. The number of hydrogen-bond donors (Lipinski definition) is 4. The Morgan fingerprint density at radius 2 is 1.64 bits per heavy atom. The largest absolute Gasteiger partial charge is 0.463 e. The molecule has 5 aliphatic rings. The first kappa shape index (κ1) is 36.9. The standard InChI is InChI=1S/C41H52N4O8/c1-40(2)51-24-31(53-40)23-50-36(47)14-13-35(46)44-34(27-9-5-4-6-10-27)22-43-38(48)41(3,20-30-21-42-33-12-8-7-11-32(30)33)45-39(49)52-37-28-16-25-15-26(18-28)19-29(37)17-25/h4-12,21,25-26,28-29,31,34,37,42H,13-20,22-24H2,1-3H3,(H,43,48)(H,44,46)(H,45,49). The van der Waals surface area contributed by atoms with Crippen molar-refractivity contribution in [3.8, 4) is 0 Å². The van der Waals surface area contributed by atoms with Gasteiger partial charge in [-0.2, -0.15) is 0 Å². The van der Waals surface area contributed by atoms with E-state index in [1.165, 1.54) is 6.42 Å². The van der Waals surface area contributed by atoms with Crippen LogP contribution in [0.4, 0.5) is 4.79 Å². The fourth-order valence-corrected chi connectivity index (χ4v) is 9.20. The zero-order valence-electron chi connectivity index (χ0n) is 30.9. The Labute approximate surface area is 310 Å². The normalized spacial score (nSPS) is 27.1. The van der Waals surface area contributed by atoms with Crippen molar-refractivity contribution >= 4 is 34.8 Å². The Bertz CT molecular complexity index is 1760. The van der Waals surface area contributed by atoms with E-state index in [1.54, 1.807) is 20.8 Å². The number of rotatable bonds is 14. The number of benzene rings is 2. The molecule has 5 fully saturated rings. The molecule has 4 bridgehead atoms. The molecule has 4 saturated carbocycles. The van der Waals surface area contributed by atoms with Crippen molar-refractivity contribution in [2.45, 2.75) is 102 Å². The second-order valence-corrected chi connectivity index (χ2v) is 16.2. The lowest BCUT2D eigenvalue weighted by Crippen LogP contribution is -2.60. The van der Waals surface area contributed by atoms with Crippen molar-refractivity contribution in [2.75, 3.05) is 19.8 Å². The monoisotopic (exact) mass is 728 g/mol. The van der Waals surface area contributed by atoms with Crippen LogP contribution in [0, 0.1) is 23.7 Å². The summed E-state index contributed by atoms with van der Waals surface area (Å²) in [4.78, 5) is 56.8. The number of fused-ring (bicyclic) bond motifs is 1. The van der Waals surface area contributed by atoms with E-state index in [4.69, 9.17) is 18.9 Å². The van der Waals surface area contributed by atoms with Gasteiger partial charge in [-0.1, -0.05) is 48.5 Å². The van der Waals surface area contributed by atoms with Gasteiger partial charge in [-0.3, -0.25) is 14.4 Å². The molecular formula is C41H52N4O8. The third-order valence-corrected chi connectivity index (χ3v) is 11.5. The minimum atomic E-state index is -1.38. The fourth-order valence-electron chi connectivity index (χ4n) is 9.20. The highest BCUT2D eigenvalue weighted by Gasteiger charge is 2.50. The molecule has 53 heavy (non-hydrogen) atoms. The van der Waals surface area contributed by atoms with Gasteiger partial charge in [0.2, 0.25) is 11.8 Å². The van der Waals surface area contributed by atoms with Crippen molar-refractivity contribution in [3.63, 3.8) is 0 Å². The summed E-state index contributed by atoms with van der Waals surface area (Å²) in [5.74, 6) is 0.223. The van der Waals surface area contributed by atoms with Crippen LogP contribution >= 0.6 is 0 Å². The summed E-state index contributed by atoms with van der Waals surface area (Å²) in [6.07, 6.45) is 6.52. The Morgan fingerprint density at radius 3 is 2.34 bits per heavy atom. The lowest BCUT2D eigenvalue weighted by atomic mass is 9.55. The molecule has 1 saturated heterocycles. The maximum Gasteiger partial charge on any atom is 0.408 e. The molecule has 1 aromatic heterocycles. The van der Waals surface area contributed by atoms with Crippen molar-refractivity contribution < 1.29 is 38.1 Å². The molecule has 4 N–H and O–H groups in total. The highest BCUT2D eigenvalue weighted by Crippen LogP contribution is 2.54. The summed E-state index contributed by atoms with van der Waals surface area (Å²) < 4.78 is 22.7. The first-order valence-electron chi connectivity index (χ1n) is 19.1. The average Bonchev–Trinajstić information content (AvgIpc) is 3.70.